The number of fused-ring (bicyclic) bond motifs is 9. The largest absolute Gasteiger partial charge is 0.305 e. The smallest absolute Gasteiger partial charge is 0.165 e. The molecule has 0 aliphatic heterocycles. The third kappa shape index (κ3) is 9.63. The second-order valence-corrected chi connectivity index (χ2v) is 25.0. The summed E-state index contributed by atoms with van der Waals surface area (Å²) in [4.78, 5) is 11.2. The molecule has 0 saturated carbocycles. The highest BCUT2D eigenvalue weighted by molar-refractivity contribution is 6.16. The fraction of sp³-hybridized carbons (Fsp3) is 0.0222. The second kappa shape index (κ2) is 22.7. The lowest BCUT2D eigenvalue weighted by atomic mass is 9.97. The van der Waals surface area contributed by atoms with Gasteiger partial charge in [0, 0.05) is 49.3 Å². The second-order valence-electron chi connectivity index (χ2n) is 25.0. The summed E-state index contributed by atoms with van der Waals surface area (Å²) in [6.45, 7) is 4.17. The Hall–Kier alpha value is -12.4. The highest BCUT2D eigenvalue weighted by Gasteiger charge is 2.28. The maximum absolute atomic E-state index is 6.37. The van der Waals surface area contributed by atoms with E-state index in [0.29, 0.717) is 0 Å². The highest BCUT2D eigenvalue weighted by Crippen LogP contribution is 2.47. The molecule has 0 aliphatic carbocycles. The van der Waals surface area contributed by atoms with Crippen molar-refractivity contribution in [2.24, 2.45) is 0 Å². The fourth-order valence-corrected chi connectivity index (χ4v) is 14.7. The van der Waals surface area contributed by atoms with Crippen molar-refractivity contribution >= 4 is 65.4 Å². The predicted molar refractivity (Wildman–Crippen MR) is 398 cm³/mol. The highest BCUT2D eigenvalue weighted by atomic mass is 15.2. The van der Waals surface area contributed by atoms with Gasteiger partial charge in [0.15, 0.2) is 5.82 Å². The molecule has 0 fully saturated rings. The van der Waals surface area contributed by atoms with E-state index in [1.807, 2.05) is 0 Å². The Morgan fingerprint density at radius 2 is 0.474 bits per heavy atom. The van der Waals surface area contributed by atoms with Gasteiger partial charge in [0.1, 0.15) is 5.82 Å². The molecule has 0 bridgehead atoms. The fourth-order valence-electron chi connectivity index (χ4n) is 14.7. The van der Waals surface area contributed by atoms with E-state index >= 15 is 0 Å². The van der Waals surface area contributed by atoms with Crippen molar-refractivity contribution in [3.05, 3.63) is 345 Å². The average Bonchev–Trinajstić information content (AvgIpc) is 1.62. The van der Waals surface area contributed by atoms with Crippen LogP contribution in [0.3, 0.4) is 0 Å². The van der Waals surface area contributed by atoms with E-state index in [2.05, 4.69) is 361 Å². The van der Waals surface area contributed by atoms with E-state index in [9.17, 15) is 0 Å². The van der Waals surface area contributed by atoms with Gasteiger partial charge >= 0.3 is 0 Å². The molecule has 5 heterocycles. The van der Waals surface area contributed by atoms with Crippen molar-refractivity contribution in [1.82, 2.24) is 23.7 Å². The number of hydrogen-bond acceptors (Lipinski definition) is 2. The van der Waals surface area contributed by atoms with Gasteiger partial charge in [-0.2, -0.15) is 0 Å². The lowest BCUT2D eigenvalue weighted by Gasteiger charge is -2.22. The number of pyridine rings is 2. The van der Waals surface area contributed by atoms with Crippen molar-refractivity contribution in [1.29, 1.82) is 0 Å². The number of nitrogens with zero attached hydrogens (tertiary/aromatic N) is 5. The van der Waals surface area contributed by atoms with Gasteiger partial charge < -0.3 is 4.57 Å². The van der Waals surface area contributed by atoms with Crippen molar-refractivity contribution in [3.63, 3.8) is 0 Å². The van der Waals surface area contributed by atoms with Crippen molar-refractivity contribution in [2.75, 3.05) is 0 Å². The van der Waals surface area contributed by atoms with Crippen LogP contribution in [0.4, 0.5) is 0 Å². The first-order valence-corrected chi connectivity index (χ1v) is 32.6. The van der Waals surface area contributed by atoms with Gasteiger partial charge in [-0.3, -0.25) is 14.1 Å². The quantitative estimate of drug-likeness (QED) is 0.129. The van der Waals surface area contributed by atoms with Gasteiger partial charge in [-0.25, -0.2) is 4.98 Å². The summed E-state index contributed by atoms with van der Waals surface area (Å²) < 4.78 is 7.42. The number of aryl methyl sites for hydroxylation is 2. The summed E-state index contributed by atoms with van der Waals surface area (Å²) in [6.07, 6.45) is 0. The Balaban J connectivity index is 1.02. The van der Waals surface area contributed by atoms with E-state index in [-0.39, 0.29) is 0 Å². The first-order valence-electron chi connectivity index (χ1n) is 32.6. The molecule has 95 heavy (non-hydrogen) atoms. The van der Waals surface area contributed by atoms with Crippen molar-refractivity contribution in [2.45, 2.75) is 13.8 Å². The normalized spacial score (nSPS) is 11.7. The Morgan fingerprint density at radius 1 is 0.200 bits per heavy atom. The minimum atomic E-state index is 0.785. The Kier molecular flexibility index (Phi) is 13.3. The van der Waals surface area contributed by atoms with Gasteiger partial charge in [-0.15, -0.1) is 0 Å². The molecule has 5 nitrogen and oxygen atoms in total. The molecule has 446 valence electrons. The lowest BCUT2D eigenvalue weighted by molar-refractivity contribution is 0.985. The van der Waals surface area contributed by atoms with Crippen LogP contribution in [0.25, 0.3) is 172 Å². The third-order valence-electron chi connectivity index (χ3n) is 19.2. The van der Waals surface area contributed by atoms with Crippen molar-refractivity contribution in [3.8, 4) is 106 Å². The zero-order chi connectivity index (χ0) is 63.1. The van der Waals surface area contributed by atoms with Crippen LogP contribution in [0, 0.1) is 13.8 Å². The molecule has 5 aromatic heterocycles. The number of aromatic nitrogens is 5. The van der Waals surface area contributed by atoms with Gasteiger partial charge in [0.05, 0.1) is 38.8 Å². The Bertz CT molecular complexity index is 5700. The summed E-state index contributed by atoms with van der Waals surface area (Å²) in [5.41, 5.74) is 27.3. The van der Waals surface area contributed by atoms with Crippen LogP contribution in [-0.2, 0) is 0 Å². The maximum atomic E-state index is 6.37. The summed E-state index contributed by atoms with van der Waals surface area (Å²) in [6, 6.07) is 122. The molecule has 0 aliphatic rings. The molecule has 18 rings (SSSR count). The molecule has 0 radical (unpaired) electrons. The van der Waals surface area contributed by atoms with Crippen LogP contribution in [0.2, 0.25) is 0 Å². The Morgan fingerprint density at radius 3 is 0.800 bits per heavy atom. The van der Waals surface area contributed by atoms with E-state index in [0.717, 1.165) is 183 Å². The van der Waals surface area contributed by atoms with Gasteiger partial charge in [0.25, 0.3) is 0 Å². The predicted octanol–water partition coefficient (Wildman–Crippen LogP) is 23.7. The molecule has 0 saturated heterocycles. The molecular weight excluding hydrogens is 1150 g/mol. The van der Waals surface area contributed by atoms with E-state index in [1.165, 1.54) is 0 Å². The summed E-state index contributed by atoms with van der Waals surface area (Å²) in [5, 5.41) is 6.83. The molecule has 0 atom stereocenters. The summed E-state index contributed by atoms with van der Waals surface area (Å²) >= 11 is 0. The van der Waals surface area contributed by atoms with Gasteiger partial charge in [-0.1, -0.05) is 237 Å². The molecule has 0 unspecified atom stereocenters. The maximum Gasteiger partial charge on any atom is 0.165 e. The molecule has 13 aromatic carbocycles. The molecule has 0 spiro atoms. The SMILES string of the molecule is Cc1cc(-c2cccc(-c3cc(-n4c5ccc(-c6ccccc6)cc5c5cc(-c6ccccc6)ccc54)nc(-n4c5ccc(-c6ccccc6)cc5c5cc(-c6ccccc6)ccc54)c3-n3c4ccc(-c5ccccc5)cc4c4cc(-c5ccccc5)ccc43)c2)cc(C)n1. The Labute approximate surface area is 551 Å². The van der Waals surface area contributed by atoms with E-state index in [4.69, 9.17) is 9.97 Å². The van der Waals surface area contributed by atoms with Crippen LogP contribution in [0.5, 0.6) is 0 Å². The third-order valence-corrected chi connectivity index (χ3v) is 19.2. The van der Waals surface area contributed by atoms with Crippen LogP contribution in [-0.4, -0.2) is 23.7 Å². The lowest BCUT2D eigenvalue weighted by Crippen LogP contribution is -2.11. The number of rotatable bonds is 11. The van der Waals surface area contributed by atoms with Crippen LogP contribution in [0.1, 0.15) is 11.4 Å². The zero-order valence-corrected chi connectivity index (χ0v) is 52.5. The molecule has 18 aromatic rings. The van der Waals surface area contributed by atoms with E-state index in [1.54, 1.807) is 0 Å². The van der Waals surface area contributed by atoms with Gasteiger partial charge in [0.2, 0.25) is 0 Å². The molecule has 0 amide bonds. The topological polar surface area (TPSA) is 40.6 Å². The minimum absolute atomic E-state index is 0.785. The van der Waals surface area contributed by atoms with Crippen LogP contribution >= 0.6 is 0 Å². The first-order chi connectivity index (χ1) is 46.9. The monoisotopic (exact) mass is 1210 g/mol. The van der Waals surface area contributed by atoms with E-state index < -0.39 is 0 Å². The number of hydrogen-bond donors (Lipinski definition) is 0. The van der Waals surface area contributed by atoms with Crippen LogP contribution < -0.4 is 0 Å². The number of benzene rings is 13. The molecular formula is C90H61N5. The standard InChI is InChI=1S/C90H61N5/c1-58-48-74(49-59(2)91-58)66-34-21-35-73(50-66)75-57-88(93-82-42-36-67(60-22-9-3-10-23-60)51-76(82)77-52-68(37-43-83(77)93)61-24-11-4-12-25-61)92-90(95-86-46-40-71(64-30-17-7-18-31-64)55-80(86)81-56-72(41-47-87(81)95)65-32-19-8-20-33-65)89(75)94-84-44-38-69(62-26-13-5-14-27-62)53-78(84)79-54-70(39-45-85(79)94)63-28-15-6-16-29-63/h3-57H,1-2H3. The van der Waals surface area contributed by atoms with Crippen molar-refractivity contribution < 1.29 is 0 Å². The zero-order valence-electron chi connectivity index (χ0n) is 52.5. The van der Waals surface area contributed by atoms with Crippen LogP contribution in [0.15, 0.2) is 334 Å². The minimum Gasteiger partial charge on any atom is -0.305 e. The summed E-state index contributed by atoms with van der Waals surface area (Å²) in [5.74, 6) is 1.57. The average molecular weight is 1210 g/mol. The van der Waals surface area contributed by atoms with Gasteiger partial charge in [-0.05, 0) is 194 Å². The molecule has 0 N–H and O–H groups in total. The first kappa shape index (κ1) is 55.4. The molecule has 5 heteroatoms. The summed E-state index contributed by atoms with van der Waals surface area (Å²) in [7, 11) is 0.